The molecule has 8 heteroatoms. The van der Waals surface area contributed by atoms with E-state index in [1.54, 1.807) is 7.11 Å². The Morgan fingerprint density at radius 3 is 3.05 bits per heavy atom. The van der Waals surface area contributed by atoms with Crippen molar-refractivity contribution in [3.63, 3.8) is 0 Å². The zero-order valence-corrected chi connectivity index (χ0v) is 11.7. The van der Waals surface area contributed by atoms with Crippen LogP contribution in [0, 0.1) is 0 Å². The molecule has 1 aromatic heterocycles. The van der Waals surface area contributed by atoms with E-state index in [0.717, 1.165) is 24.4 Å². The summed E-state index contributed by atoms with van der Waals surface area (Å²) < 4.78 is 9.53. The number of methoxy groups -OCH3 is 1. The molecule has 0 aliphatic heterocycles. The number of rotatable bonds is 7. The first-order chi connectivity index (χ1) is 10.2. The largest absolute Gasteiger partial charge is 0.497 e. The number of hydrogen-bond donors (Lipinski definition) is 3. The maximum atomic E-state index is 11.7. The first-order valence-electron chi connectivity index (χ1n) is 6.51. The molecule has 1 heterocycles. The van der Waals surface area contributed by atoms with Crippen molar-refractivity contribution in [3.8, 4) is 5.75 Å². The van der Waals surface area contributed by atoms with Crippen LogP contribution in [0.2, 0.25) is 0 Å². The number of ether oxygens (including phenoxy) is 1. The highest BCUT2D eigenvalue weighted by atomic mass is 16.6. The summed E-state index contributed by atoms with van der Waals surface area (Å²) in [7, 11) is 1.64. The van der Waals surface area contributed by atoms with Crippen molar-refractivity contribution in [3.05, 3.63) is 35.5 Å². The number of aromatic nitrogens is 2. The van der Waals surface area contributed by atoms with Crippen LogP contribution >= 0.6 is 0 Å². The number of carbonyl (C=O) groups excluding carboxylic acids is 1. The van der Waals surface area contributed by atoms with Crippen LogP contribution in [0.1, 0.15) is 16.1 Å². The summed E-state index contributed by atoms with van der Waals surface area (Å²) in [5, 5.41) is 11.6. The molecule has 1 amide bonds. The Kier molecular flexibility index (Phi) is 5.10. The van der Waals surface area contributed by atoms with Crippen LogP contribution in [-0.4, -0.2) is 36.4 Å². The molecule has 0 bridgehead atoms. The van der Waals surface area contributed by atoms with Crippen molar-refractivity contribution in [2.75, 3.05) is 25.9 Å². The summed E-state index contributed by atoms with van der Waals surface area (Å²) >= 11 is 0. The second-order valence-corrected chi connectivity index (χ2v) is 4.39. The summed E-state index contributed by atoms with van der Waals surface area (Å²) in [4.78, 5) is 11.7. The Hall–Kier alpha value is -2.61. The zero-order valence-electron chi connectivity index (χ0n) is 11.7. The fourth-order valence-electron chi connectivity index (χ4n) is 1.79. The molecule has 0 aliphatic carbocycles. The van der Waals surface area contributed by atoms with E-state index in [1.807, 2.05) is 24.3 Å². The van der Waals surface area contributed by atoms with E-state index in [4.69, 9.17) is 10.5 Å². The van der Waals surface area contributed by atoms with Gasteiger partial charge < -0.3 is 21.1 Å². The fourth-order valence-corrected chi connectivity index (χ4v) is 1.79. The van der Waals surface area contributed by atoms with Crippen molar-refractivity contribution in [1.82, 2.24) is 15.6 Å². The topological polar surface area (TPSA) is 120 Å². The van der Waals surface area contributed by atoms with E-state index in [1.165, 1.54) is 0 Å². The molecule has 2 rings (SSSR count). The van der Waals surface area contributed by atoms with E-state index in [9.17, 15) is 4.79 Å². The normalized spacial score (nSPS) is 10.3. The zero-order chi connectivity index (χ0) is 15.1. The van der Waals surface area contributed by atoms with Crippen LogP contribution < -0.4 is 21.1 Å². The third kappa shape index (κ3) is 4.18. The van der Waals surface area contributed by atoms with Gasteiger partial charge in [0.15, 0.2) is 0 Å². The Bertz CT molecular complexity index is 599. The van der Waals surface area contributed by atoms with E-state index >= 15 is 0 Å². The third-order valence-corrected chi connectivity index (χ3v) is 2.88. The minimum atomic E-state index is -0.386. The number of nitrogens with zero attached hydrogens (tertiary/aromatic N) is 2. The van der Waals surface area contributed by atoms with Crippen molar-refractivity contribution in [1.29, 1.82) is 0 Å². The first-order valence-corrected chi connectivity index (χ1v) is 6.51. The van der Waals surface area contributed by atoms with Gasteiger partial charge in [-0.15, -0.1) is 0 Å². The first kappa shape index (κ1) is 14.8. The molecule has 21 heavy (non-hydrogen) atoms. The minimum absolute atomic E-state index is 0.00661. The van der Waals surface area contributed by atoms with Crippen molar-refractivity contribution < 1.29 is 19.5 Å². The number of benzene rings is 1. The van der Waals surface area contributed by atoms with E-state index < -0.39 is 0 Å². The molecule has 0 aliphatic rings. The Balaban J connectivity index is 1.68. The molecule has 112 valence electrons. The van der Waals surface area contributed by atoms with Crippen molar-refractivity contribution in [2.45, 2.75) is 6.54 Å². The molecule has 0 fully saturated rings. The SMILES string of the molecule is COc1cccc(C[NH2+]CCNC(=O)c2nonc2N)c1. The van der Waals surface area contributed by atoms with Crippen LogP contribution in [0.4, 0.5) is 5.82 Å². The molecular formula is C13H18N5O3+. The number of nitrogen functional groups attached to an aromatic ring is 1. The standard InChI is InChI=1S/C13H17N5O3/c1-20-10-4-2-3-9(7-10)8-15-5-6-16-13(19)11-12(14)18-21-17-11/h2-4,7,15H,5-6,8H2,1H3,(H2,14,18)(H,16,19)/p+1. The van der Waals surface area contributed by atoms with Gasteiger partial charge in [-0.2, -0.15) is 0 Å². The lowest BCUT2D eigenvalue weighted by Crippen LogP contribution is -2.84. The van der Waals surface area contributed by atoms with Crippen LogP contribution in [0.15, 0.2) is 28.9 Å². The van der Waals surface area contributed by atoms with Crippen LogP contribution in [0.5, 0.6) is 5.75 Å². The second-order valence-electron chi connectivity index (χ2n) is 4.39. The summed E-state index contributed by atoms with van der Waals surface area (Å²) in [6, 6.07) is 7.86. The molecule has 0 saturated heterocycles. The highest BCUT2D eigenvalue weighted by Gasteiger charge is 2.15. The average molecular weight is 292 g/mol. The molecule has 0 atom stereocenters. The highest BCUT2D eigenvalue weighted by Crippen LogP contribution is 2.11. The molecule has 8 nitrogen and oxygen atoms in total. The smallest absolute Gasteiger partial charge is 0.277 e. The average Bonchev–Trinajstić information content (AvgIpc) is 2.93. The summed E-state index contributed by atoms with van der Waals surface area (Å²) in [5.74, 6) is 0.444. The quantitative estimate of drug-likeness (QED) is 0.572. The summed E-state index contributed by atoms with van der Waals surface area (Å²) in [5.41, 5.74) is 6.60. The monoisotopic (exact) mass is 292 g/mol. The summed E-state index contributed by atoms with van der Waals surface area (Å²) in [6.07, 6.45) is 0. The fraction of sp³-hybridized carbons (Fsp3) is 0.308. The number of hydrogen-bond acceptors (Lipinski definition) is 6. The van der Waals surface area contributed by atoms with Gasteiger partial charge in [0.05, 0.1) is 20.2 Å². The van der Waals surface area contributed by atoms with E-state index in [-0.39, 0.29) is 17.4 Å². The number of nitrogens with one attached hydrogen (secondary N) is 1. The van der Waals surface area contributed by atoms with Crippen LogP contribution in [0.3, 0.4) is 0 Å². The van der Waals surface area contributed by atoms with Crippen molar-refractivity contribution >= 4 is 11.7 Å². The van der Waals surface area contributed by atoms with Gasteiger partial charge in [0.25, 0.3) is 5.91 Å². The Labute approximate surface area is 121 Å². The predicted octanol–water partition coefficient (Wildman–Crippen LogP) is -0.846. The highest BCUT2D eigenvalue weighted by molar-refractivity contribution is 5.95. The molecule has 0 unspecified atom stereocenters. The Morgan fingerprint density at radius 2 is 2.33 bits per heavy atom. The van der Waals surface area contributed by atoms with Gasteiger partial charge in [0.2, 0.25) is 11.5 Å². The van der Waals surface area contributed by atoms with Gasteiger partial charge in [0, 0.05) is 5.56 Å². The van der Waals surface area contributed by atoms with Gasteiger partial charge in [-0.05, 0) is 22.4 Å². The number of quaternary nitrogens is 1. The van der Waals surface area contributed by atoms with Gasteiger partial charge in [-0.1, -0.05) is 12.1 Å². The number of amides is 1. The minimum Gasteiger partial charge on any atom is -0.497 e. The molecule has 2 aromatic rings. The number of nitrogens with two attached hydrogens (primary N) is 2. The molecule has 0 spiro atoms. The lowest BCUT2D eigenvalue weighted by atomic mass is 10.2. The van der Waals surface area contributed by atoms with Crippen molar-refractivity contribution in [2.24, 2.45) is 0 Å². The lowest BCUT2D eigenvalue weighted by molar-refractivity contribution is -0.668. The Morgan fingerprint density at radius 1 is 1.48 bits per heavy atom. The summed E-state index contributed by atoms with van der Waals surface area (Å²) in [6.45, 7) is 2.03. The number of carbonyl (C=O) groups is 1. The van der Waals surface area contributed by atoms with E-state index in [0.29, 0.717) is 6.54 Å². The predicted molar refractivity (Wildman–Crippen MR) is 74.5 cm³/mol. The number of anilines is 1. The molecule has 0 radical (unpaired) electrons. The van der Waals surface area contributed by atoms with Gasteiger partial charge >= 0.3 is 0 Å². The van der Waals surface area contributed by atoms with Gasteiger partial charge in [-0.3, -0.25) is 4.79 Å². The third-order valence-electron chi connectivity index (χ3n) is 2.88. The molecular weight excluding hydrogens is 274 g/mol. The molecule has 0 saturated carbocycles. The van der Waals surface area contributed by atoms with Gasteiger partial charge in [-0.25, -0.2) is 4.63 Å². The van der Waals surface area contributed by atoms with E-state index in [2.05, 4.69) is 25.6 Å². The molecule has 5 N–H and O–H groups in total. The second kappa shape index (κ2) is 7.25. The van der Waals surface area contributed by atoms with Crippen LogP contribution in [0.25, 0.3) is 0 Å². The van der Waals surface area contributed by atoms with Gasteiger partial charge in [0.1, 0.15) is 12.3 Å². The maximum Gasteiger partial charge on any atom is 0.277 e. The molecule has 1 aromatic carbocycles. The van der Waals surface area contributed by atoms with Crippen LogP contribution in [-0.2, 0) is 6.54 Å². The lowest BCUT2D eigenvalue weighted by Gasteiger charge is -2.05. The maximum absolute atomic E-state index is 11.7.